The minimum Gasteiger partial charge on any atom is -0.463 e. The smallest absolute Gasteiger partial charge is 0.306 e. The Labute approximate surface area is 148 Å². The predicted molar refractivity (Wildman–Crippen MR) is 97.8 cm³/mol. The SMILES string of the molecule is CCCCCCCCC(C)OC(=O)CCC(=O)OC(C)CC(C)C. The Hall–Kier alpha value is -1.06. The Balaban J connectivity index is 3.71. The van der Waals surface area contributed by atoms with Crippen molar-refractivity contribution in [1.82, 2.24) is 0 Å². The van der Waals surface area contributed by atoms with Crippen LogP contribution >= 0.6 is 0 Å². The summed E-state index contributed by atoms with van der Waals surface area (Å²) in [5.74, 6) is -0.133. The third kappa shape index (κ3) is 14.5. The minimum atomic E-state index is -0.316. The van der Waals surface area contributed by atoms with E-state index in [9.17, 15) is 9.59 Å². The molecule has 0 amide bonds. The van der Waals surface area contributed by atoms with Crippen LogP contribution in [0.4, 0.5) is 0 Å². The number of hydrogen-bond acceptors (Lipinski definition) is 4. The molecular weight excluding hydrogens is 304 g/mol. The summed E-state index contributed by atoms with van der Waals surface area (Å²) in [5.41, 5.74) is 0. The van der Waals surface area contributed by atoms with Gasteiger partial charge in [0.15, 0.2) is 0 Å². The fourth-order valence-electron chi connectivity index (χ4n) is 2.75. The maximum Gasteiger partial charge on any atom is 0.306 e. The van der Waals surface area contributed by atoms with Crippen LogP contribution < -0.4 is 0 Å². The highest BCUT2D eigenvalue weighted by Crippen LogP contribution is 2.12. The quantitative estimate of drug-likeness (QED) is 0.312. The molecule has 0 aromatic heterocycles. The van der Waals surface area contributed by atoms with Crippen LogP contribution in [0.1, 0.15) is 98.8 Å². The highest BCUT2D eigenvalue weighted by molar-refractivity contribution is 5.77. The first kappa shape index (κ1) is 22.9. The molecule has 0 rings (SSSR count). The highest BCUT2D eigenvalue weighted by atomic mass is 16.5. The van der Waals surface area contributed by atoms with Crippen LogP contribution in [0, 0.1) is 5.92 Å². The van der Waals surface area contributed by atoms with Crippen molar-refractivity contribution in [3.63, 3.8) is 0 Å². The van der Waals surface area contributed by atoms with E-state index in [0.717, 1.165) is 19.3 Å². The molecule has 142 valence electrons. The summed E-state index contributed by atoms with van der Waals surface area (Å²) < 4.78 is 10.6. The average Bonchev–Trinajstić information content (AvgIpc) is 2.47. The van der Waals surface area contributed by atoms with Crippen molar-refractivity contribution in [2.24, 2.45) is 5.92 Å². The van der Waals surface area contributed by atoms with Crippen molar-refractivity contribution >= 4 is 11.9 Å². The van der Waals surface area contributed by atoms with Gasteiger partial charge in [-0.1, -0.05) is 52.9 Å². The van der Waals surface area contributed by atoms with E-state index in [1.807, 2.05) is 13.8 Å². The third-order valence-electron chi connectivity index (χ3n) is 3.97. The van der Waals surface area contributed by atoms with Crippen LogP contribution in [-0.4, -0.2) is 24.1 Å². The Morgan fingerprint density at radius 2 is 1.25 bits per heavy atom. The van der Waals surface area contributed by atoms with Gasteiger partial charge in [0, 0.05) is 0 Å². The van der Waals surface area contributed by atoms with Crippen LogP contribution in [-0.2, 0) is 19.1 Å². The molecule has 2 unspecified atom stereocenters. The number of esters is 2. The van der Waals surface area contributed by atoms with Gasteiger partial charge in [-0.15, -0.1) is 0 Å². The Morgan fingerprint density at radius 3 is 1.79 bits per heavy atom. The lowest BCUT2D eigenvalue weighted by molar-refractivity contribution is -0.155. The van der Waals surface area contributed by atoms with E-state index in [1.54, 1.807) is 0 Å². The van der Waals surface area contributed by atoms with Crippen LogP contribution in [0.25, 0.3) is 0 Å². The van der Waals surface area contributed by atoms with Gasteiger partial charge in [0.2, 0.25) is 0 Å². The molecule has 4 nitrogen and oxygen atoms in total. The molecule has 0 radical (unpaired) electrons. The van der Waals surface area contributed by atoms with Gasteiger partial charge in [0.05, 0.1) is 25.0 Å². The van der Waals surface area contributed by atoms with Crippen molar-refractivity contribution < 1.29 is 19.1 Å². The van der Waals surface area contributed by atoms with Gasteiger partial charge >= 0.3 is 11.9 Å². The van der Waals surface area contributed by atoms with E-state index in [1.165, 1.54) is 32.1 Å². The molecule has 0 N–H and O–H groups in total. The van der Waals surface area contributed by atoms with E-state index in [0.29, 0.717) is 5.92 Å². The molecule has 0 aliphatic heterocycles. The number of carbonyl (C=O) groups is 2. The molecule has 0 spiro atoms. The molecule has 0 heterocycles. The molecule has 0 aromatic rings. The Bertz CT molecular complexity index is 339. The van der Waals surface area contributed by atoms with Crippen LogP contribution in [0.3, 0.4) is 0 Å². The second kappa shape index (κ2) is 14.3. The monoisotopic (exact) mass is 342 g/mol. The van der Waals surface area contributed by atoms with Crippen LogP contribution in [0.15, 0.2) is 0 Å². The molecule has 2 atom stereocenters. The summed E-state index contributed by atoms with van der Waals surface area (Å²) in [6.45, 7) is 10.2. The molecule has 24 heavy (non-hydrogen) atoms. The first-order valence-electron chi connectivity index (χ1n) is 9.74. The minimum absolute atomic E-state index is 0.0699. The van der Waals surface area contributed by atoms with Crippen LogP contribution in [0.5, 0.6) is 0 Å². The van der Waals surface area contributed by atoms with Gasteiger partial charge < -0.3 is 9.47 Å². The number of carbonyl (C=O) groups excluding carboxylic acids is 2. The lowest BCUT2D eigenvalue weighted by Crippen LogP contribution is -2.19. The summed E-state index contributed by atoms with van der Waals surface area (Å²) in [6, 6.07) is 0. The van der Waals surface area contributed by atoms with E-state index >= 15 is 0 Å². The van der Waals surface area contributed by atoms with Gasteiger partial charge in [0.25, 0.3) is 0 Å². The van der Waals surface area contributed by atoms with Crippen molar-refractivity contribution in [3.05, 3.63) is 0 Å². The zero-order valence-electron chi connectivity index (χ0n) is 16.4. The number of ether oxygens (including phenoxy) is 2. The standard InChI is InChI=1S/C20H38O4/c1-6-7-8-9-10-11-12-17(4)23-19(21)13-14-20(22)24-18(5)15-16(2)3/h16-18H,6-15H2,1-5H3. The summed E-state index contributed by atoms with van der Waals surface area (Å²) in [7, 11) is 0. The number of hydrogen-bond donors (Lipinski definition) is 0. The van der Waals surface area contributed by atoms with Crippen molar-refractivity contribution in [2.45, 2.75) is 111 Å². The third-order valence-corrected chi connectivity index (χ3v) is 3.97. The van der Waals surface area contributed by atoms with Crippen molar-refractivity contribution in [1.29, 1.82) is 0 Å². The molecule has 0 saturated heterocycles. The topological polar surface area (TPSA) is 52.6 Å². The van der Waals surface area contributed by atoms with E-state index < -0.39 is 0 Å². The maximum atomic E-state index is 11.8. The number of unbranched alkanes of at least 4 members (excludes halogenated alkanes) is 5. The summed E-state index contributed by atoms with van der Waals surface area (Å²) in [4.78, 5) is 23.5. The first-order valence-corrected chi connectivity index (χ1v) is 9.74. The van der Waals surface area contributed by atoms with E-state index in [2.05, 4.69) is 20.8 Å². The first-order chi connectivity index (χ1) is 11.3. The highest BCUT2D eigenvalue weighted by Gasteiger charge is 2.15. The maximum absolute atomic E-state index is 11.8. The zero-order valence-corrected chi connectivity index (χ0v) is 16.4. The van der Waals surface area contributed by atoms with Gasteiger partial charge in [-0.3, -0.25) is 9.59 Å². The Morgan fingerprint density at radius 1 is 0.750 bits per heavy atom. The fourth-order valence-corrected chi connectivity index (χ4v) is 2.75. The van der Waals surface area contributed by atoms with E-state index in [-0.39, 0.29) is 37.0 Å². The number of rotatable bonds is 14. The van der Waals surface area contributed by atoms with Crippen molar-refractivity contribution in [2.75, 3.05) is 0 Å². The molecule has 0 bridgehead atoms. The second-order valence-corrected chi connectivity index (χ2v) is 7.29. The van der Waals surface area contributed by atoms with Crippen molar-refractivity contribution in [3.8, 4) is 0 Å². The van der Waals surface area contributed by atoms with E-state index in [4.69, 9.17) is 9.47 Å². The van der Waals surface area contributed by atoms with Gasteiger partial charge in [-0.25, -0.2) is 0 Å². The summed E-state index contributed by atoms with van der Waals surface area (Å²) >= 11 is 0. The molecular formula is C20H38O4. The molecule has 0 aliphatic carbocycles. The molecule has 0 aliphatic rings. The largest absolute Gasteiger partial charge is 0.463 e. The second-order valence-electron chi connectivity index (χ2n) is 7.29. The van der Waals surface area contributed by atoms with Gasteiger partial charge in [-0.05, 0) is 39.0 Å². The van der Waals surface area contributed by atoms with Crippen LogP contribution in [0.2, 0.25) is 0 Å². The lowest BCUT2D eigenvalue weighted by Gasteiger charge is -2.16. The normalized spacial score (nSPS) is 13.6. The lowest BCUT2D eigenvalue weighted by atomic mass is 10.1. The molecule has 0 aromatic carbocycles. The fraction of sp³-hybridized carbons (Fsp3) is 0.900. The zero-order chi connectivity index (χ0) is 18.4. The van der Waals surface area contributed by atoms with Gasteiger partial charge in [-0.2, -0.15) is 0 Å². The summed E-state index contributed by atoms with van der Waals surface area (Å²) in [6.07, 6.45) is 9.17. The van der Waals surface area contributed by atoms with Gasteiger partial charge in [0.1, 0.15) is 0 Å². The summed E-state index contributed by atoms with van der Waals surface area (Å²) in [5, 5.41) is 0. The predicted octanol–water partition coefficient (Wildman–Crippen LogP) is 5.43. The average molecular weight is 343 g/mol. The Kier molecular flexibility index (Phi) is 13.7. The molecule has 0 saturated carbocycles. The molecule has 0 fully saturated rings. The molecule has 4 heteroatoms.